The Bertz CT molecular complexity index is 340. The van der Waals surface area contributed by atoms with Crippen molar-refractivity contribution in [2.75, 3.05) is 25.1 Å². The normalized spacial score (nSPS) is 9.94. The number of carbonyl (C=O) groups is 1. The van der Waals surface area contributed by atoms with E-state index in [1.165, 1.54) is 6.07 Å². The minimum atomic E-state index is -0.373. The average molecular weight is 226 g/mol. The van der Waals surface area contributed by atoms with E-state index < -0.39 is 0 Å². The van der Waals surface area contributed by atoms with Gasteiger partial charge in [-0.15, -0.1) is 0 Å². The van der Waals surface area contributed by atoms with Crippen molar-refractivity contribution in [3.05, 3.63) is 24.1 Å². The van der Waals surface area contributed by atoms with E-state index in [0.717, 1.165) is 6.20 Å². The second-order valence-corrected chi connectivity index (χ2v) is 3.31. The molecule has 16 heavy (non-hydrogen) atoms. The lowest BCUT2D eigenvalue weighted by Crippen LogP contribution is -2.22. The first-order valence-electron chi connectivity index (χ1n) is 5.11. The number of anilines is 1. The van der Waals surface area contributed by atoms with Crippen LogP contribution in [-0.2, 0) is 9.53 Å². The Morgan fingerprint density at radius 3 is 2.88 bits per heavy atom. The summed E-state index contributed by atoms with van der Waals surface area (Å²) >= 11 is 0. The van der Waals surface area contributed by atoms with Crippen LogP contribution in [0.1, 0.15) is 13.3 Å². The number of aromatic nitrogens is 1. The fourth-order valence-electron chi connectivity index (χ4n) is 1.20. The molecule has 1 rings (SSSR count). The molecule has 0 N–H and O–H groups in total. The number of esters is 1. The van der Waals surface area contributed by atoms with Gasteiger partial charge in [0.2, 0.25) is 0 Å². The summed E-state index contributed by atoms with van der Waals surface area (Å²) in [4.78, 5) is 16.8. The molecule has 0 unspecified atom stereocenters. The second kappa shape index (κ2) is 6.05. The van der Waals surface area contributed by atoms with Gasteiger partial charge in [0.1, 0.15) is 11.6 Å². The maximum Gasteiger partial charge on any atom is 0.307 e. The van der Waals surface area contributed by atoms with Gasteiger partial charge in [0, 0.05) is 13.6 Å². The average Bonchev–Trinajstić information content (AvgIpc) is 2.27. The molecule has 0 saturated carbocycles. The third-order valence-electron chi connectivity index (χ3n) is 2.06. The van der Waals surface area contributed by atoms with E-state index in [4.69, 9.17) is 4.74 Å². The van der Waals surface area contributed by atoms with Crippen LogP contribution in [0.25, 0.3) is 0 Å². The zero-order chi connectivity index (χ0) is 12.0. The first-order chi connectivity index (χ1) is 7.63. The minimum Gasteiger partial charge on any atom is -0.466 e. The lowest BCUT2D eigenvalue weighted by atomic mass is 10.3. The maximum atomic E-state index is 12.6. The van der Waals surface area contributed by atoms with Crippen LogP contribution in [0, 0.1) is 5.82 Å². The molecule has 0 radical (unpaired) electrons. The lowest BCUT2D eigenvalue weighted by molar-refractivity contribution is -0.142. The van der Waals surface area contributed by atoms with Crippen molar-refractivity contribution in [2.45, 2.75) is 13.3 Å². The van der Waals surface area contributed by atoms with Crippen molar-refractivity contribution >= 4 is 11.8 Å². The molecule has 1 aromatic rings. The largest absolute Gasteiger partial charge is 0.466 e. The van der Waals surface area contributed by atoms with Crippen LogP contribution in [-0.4, -0.2) is 31.2 Å². The third kappa shape index (κ3) is 3.84. The molecule has 5 heteroatoms. The fraction of sp³-hybridized carbons (Fsp3) is 0.455. The smallest absolute Gasteiger partial charge is 0.307 e. The van der Waals surface area contributed by atoms with Gasteiger partial charge in [-0.3, -0.25) is 4.79 Å². The number of carbonyl (C=O) groups excluding carboxylic acids is 1. The van der Waals surface area contributed by atoms with E-state index in [9.17, 15) is 9.18 Å². The molecule has 0 saturated heterocycles. The van der Waals surface area contributed by atoms with E-state index in [0.29, 0.717) is 25.4 Å². The Balaban J connectivity index is 2.43. The number of pyridine rings is 1. The van der Waals surface area contributed by atoms with Gasteiger partial charge in [0.25, 0.3) is 0 Å². The number of hydrogen-bond acceptors (Lipinski definition) is 4. The van der Waals surface area contributed by atoms with Gasteiger partial charge in [0.15, 0.2) is 0 Å². The lowest BCUT2D eigenvalue weighted by Gasteiger charge is -2.17. The Kier molecular flexibility index (Phi) is 4.69. The van der Waals surface area contributed by atoms with Gasteiger partial charge in [-0.1, -0.05) is 0 Å². The standard InChI is InChI=1S/C11H15FN2O2/c1-3-16-11(15)6-7-14(2)10-5-4-9(12)8-13-10/h4-5,8H,3,6-7H2,1-2H3. The monoisotopic (exact) mass is 226 g/mol. The van der Waals surface area contributed by atoms with Crippen LogP contribution < -0.4 is 4.90 Å². The maximum absolute atomic E-state index is 12.6. The summed E-state index contributed by atoms with van der Waals surface area (Å²) in [7, 11) is 1.79. The molecule has 1 heterocycles. The summed E-state index contributed by atoms with van der Waals surface area (Å²) in [6.07, 6.45) is 1.44. The Labute approximate surface area is 94.0 Å². The summed E-state index contributed by atoms with van der Waals surface area (Å²) in [5.74, 6) is 0.0182. The summed E-state index contributed by atoms with van der Waals surface area (Å²) in [5.41, 5.74) is 0. The van der Waals surface area contributed by atoms with Crippen molar-refractivity contribution < 1.29 is 13.9 Å². The molecule has 0 aromatic carbocycles. The molecule has 0 spiro atoms. The Hall–Kier alpha value is -1.65. The SMILES string of the molecule is CCOC(=O)CCN(C)c1ccc(F)cn1. The number of ether oxygens (including phenoxy) is 1. The molecule has 0 aliphatic heterocycles. The zero-order valence-electron chi connectivity index (χ0n) is 9.44. The van der Waals surface area contributed by atoms with Gasteiger partial charge in [-0.2, -0.15) is 0 Å². The summed E-state index contributed by atoms with van der Waals surface area (Å²) in [5, 5.41) is 0. The highest BCUT2D eigenvalue weighted by atomic mass is 19.1. The van der Waals surface area contributed by atoms with Crippen molar-refractivity contribution in [2.24, 2.45) is 0 Å². The molecular formula is C11H15FN2O2. The van der Waals surface area contributed by atoms with Crippen LogP contribution in [0.4, 0.5) is 10.2 Å². The Morgan fingerprint density at radius 1 is 1.56 bits per heavy atom. The molecular weight excluding hydrogens is 211 g/mol. The second-order valence-electron chi connectivity index (χ2n) is 3.31. The molecule has 0 aliphatic rings. The first kappa shape index (κ1) is 12.4. The summed E-state index contributed by atoms with van der Waals surface area (Å²) in [6.45, 7) is 2.65. The number of hydrogen-bond donors (Lipinski definition) is 0. The van der Waals surface area contributed by atoms with E-state index >= 15 is 0 Å². The van der Waals surface area contributed by atoms with Gasteiger partial charge < -0.3 is 9.64 Å². The van der Waals surface area contributed by atoms with Crippen molar-refractivity contribution in [1.82, 2.24) is 4.98 Å². The predicted molar refractivity (Wildman–Crippen MR) is 58.7 cm³/mol. The van der Waals surface area contributed by atoms with Crippen molar-refractivity contribution in [3.63, 3.8) is 0 Å². The van der Waals surface area contributed by atoms with E-state index in [1.54, 1.807) is 24.9 Å². The fourth-order valence-corrected chi connectivity index (χ4v) is 1.20. The van der Waals surface area contributed by atoms with E-state index in [-0.39, 0.29) is 11.8 Å². The summed E-state index contributed by atoms with van der Waals surface area (Å²) < 4.78 is 17.4. The molecule has 0 bridgehead atoms. The third-order valence-corrected chi connectivity index (χ3v) is 2.06. The predicted octanol–water partition coefficient (Wildman–Crippen LogP) is 1.61. The highest BCUT2D eigenvalue weighted by Gasteiger charge is 2.06. The first-order valence-corrected chi connectivity index (χ1v) is 5.11. The zero-order valence-corrected chi connectivity index (χ0v) is 9.44. The van der Waals surface area contributed by atoms with Crippen LogP contribution in [0.5, 0.6) is 0 Å². The van der Waals surface area contributed by atoms with Crippen LogP contribution in [0.15, 0.2) is 18.3 Å². The van der Waals surface area contributed by atoms with Crippen molar-refractivity contribution in [3.8, 4) is 0 Å². The van der Waals surface area contributed by atoms with E-state index in [2.05, 4.69) is 4.98 Å². The molecule has 0 amide bonds. The van der Waals surface area contributed by atoms with Gasteiger partial charge in [0.05, 0.1) is 19.2 Å². The minimum absolute atomic E-state index is 0.239. The van der Waals surface area contributed by atoms with Crippen LogP contribution in [0.2, 0.25) is 0 Å². The molecule has 0 fully saturated rings. The molecule has 1 aromatic heterocycles. The number of halogens is 1. The quantitative estimate of drug-likeness (QED) is 0.715. The molecule has 0 atom stereocenters. The molecule has 0 aliphatic carbocycles. The number of nitrogens with zero attached hydrogens (tertiary/aromatic N) is 2. The van der Waals surface area contributed by atoms with Gasteiger partial charge >= 0.3 is 5.97 Å². The highest BCUT2D eigenvalue weighted by Crippen LogP contribution is 2.09. The van der Waals surface area contributed by atoms with Crippen LogP contribution in [0.3, 0.4) is 0 Å². The topological polar surface area (TPSA) is 42.4 Å². The van der Waals surface area contributed by atoms with Crippen molar-refractivity contribution in [1.29, 1.82) is 0 Å². The van der Waals surface area contributed by atoms with E-state index in [1.807, 2.05) is 0 Å². The van der Waals surface area contributed by atoms with Gasteiger partial charge in [-0.05, 0) is 19.1 Å². The molecule has 88 valence electrons. The number of rotatable bonds is 5. The van der Waals surface area contributed by atoms with Gasteiger partial charge in [-0.25, -0.2) is 9.37 Å². The summed E-state index contributed by atoms with van der Waals surface area (Å²) in [6, 6.07) is 2.91. The van der Waals surface area contributed by atoms with Crippen LogP contribution >= 0.6 is 0 Å². The highest BCUT2D eigenvalue weighted by molar-refractivity contribution is 5.70. The molecule has 4 nitrogen and oxygen atoms in total. The Morgan fingerprint density at radius 2 is 2.31 bits per heavy atom.